The lowest BCUT2D eigenvalue weighted by atomic mass is 9.85. The van der Waals surface area contributed by atoms with Gasteiger partial charge in [-0.05, 0) is 37.1 Å². The summed E-state index contributed by atoms with van der Waals surface area (Å²) in [5.41, 5.74) is 9.03. The van der Waals surface area contributed by atoms with Gasteiger partial charge < -0.3 is 5.32 Å². The molecular formula is C22H25N. The van der Waals surface area contributed by atoms with Crippen LogP contribution < -0.4 is 5.32 Å². The lowest BCUT2D eigenvalue weighted by Gasteiger charge is -2.27. The maximum Gasteiger partial charge on any atom is 0.0464 e. The zero-order valence-electron chi connectivity index (χ0n) is 14.5. The quantitative estimate of drug-likeness (QED) is 0.682. The predicted octanol–water partition coefficient (Wildman–Crippen LogP) is 6.34. The Labute approximate surface area is 140 Å². The number of hydrogen-bond acceptors (Lipinski definition) is 1. The Kier molecular flexibility index (Phi) is 5.23. The van der Waals surface area contributed by atoms with Crippen LogP contribution in [0.5, 0.6) is 0 Å². The van der Waals surface area contributed by atoms with Gasteiger partial charge in [0.2, 0.25) is 0 Å². The van der Waals surface area contributed by atoms with Gasteiger partial charge in [-0.1, -0.05) is 69.0 Å². The molecule has 0 amide bonds. The van der Waals surface area contributed by atoms with E-state index >= 15 is 0 Å². The van der Waals surface area contributed by atoms with E-state index in [0.717, 1.165) is 22.5 Å². The highest BCUT2D eigenvalue weighted by atomic mass is 14.9. The molecule has 0 unspecified atom stereocenters. The molecule has 2 aromatic rings. The summed E-state index contributed by atoms with van der Waals surface area (Å²) < 4.78 is 0. The fraction of sp³-hybridized carbons (Fsp3) is 0.182. The topological polar surface area (TPSA) is 12.0 Å². The summed E-state index contributed by atoms with van der Waals surface area (Å²) in [5, 5.41) is 3.41. The second-order valence-electron chi connectivity index (χ2n) is 5.55. The van der Waals surface area contributed by atoms with E-state index in [0.29, 0.717) is 0 Å². The molecular weight excluding hydrogens is 278 g/mol. The first-order valence-electron chi connectivity index (χ1n) is 8.11. The molecule has 1 N–H and O–H groups in total. The summed E-state index contributed by atoms with van der Waals surface area (Å²) in [6, 6.07) is 16.9. The van der Waals surface area contributed by atoms with Crippen LogP contribution in [0.25, 0.3) is 5.57 Å². The third-order valence-electron chi connectivity index (χ3n) is 3.77. The maximum atomic E-state index is 4.18. The number of hydrogen-bond donors (Lipinski definition) is 1. The minimum atomic E-state index is 0.915. The van der Waals surface area contributed by atoms with E-state index in [1.807, 2.05) is 26.8 Å². The van der Waals surface area contributed by atoms with E-state index in [1.54, 1.807) is 0 Å². The van der Waals surface area contributed by atoms with Crippen LogP contribution in [0.1, 0.15) is 37.5 Å². The Morgan fingerprint density at radius 1 is 1.00 bits per heavy atom. The van der Waals surface area contributed by atoms with Crippen molar-refractivity contribution < 1.29 is 0 Å². The fourth-order valence-corrected chi connectivity index (χ4v) is 2.86. The normalized spacial score (nSPS) is 12.8. The first-order valence-corrected chi connectivity index (χ1v) is 8.11. The second kappa shape index (κ2) is 7.15. The zero-order valence-corrected chi connectivity index (χ0v) is 14.5. The van der Waals surface area contributed by atoms with Crippen LogP contribution in [0.15, 0.2) is 78.5 Å². The Morgan fingerprint density at radius 3 is 2.26 bits per heavy atom. The first-order chi connectivity index (χ1) is 11.1. The average molecular weight is 303 g/mol. The number of allylic oxidation sites excluding steroid dienone is 1. The van der Waals surface area contributed by atoms with Crippen molar-refractivity contribution in [2.75, 3.05) is 5.32 Å². The highest BCUT2D eigenvalue weighted by molar-refractivity contribution is 5.95. The Bertz CT molecular complexity index is 764. The van der Waals surface area contributed by atoms with E-state index < -0.39 is 0 Å². The van der Waals surface area contributed by atoms with Gasteiger partial charge in [0.1, 0.15) is 0 Å². The maximum absolute atomic E-state index is 4.18. The number of benzene rings is 2. The average Bonchev–Trinajstić information content (AvgIpc) is 2.56. The SMILES string of the molecule is C=C(C)C1=C(c2ccccc2)c2cc(C)ccc2NC1=C.CC. The minimum absolute atomic E-state index is 0.915. The molecule has 23 heavy (non-hydrogen) atoms. The van der Waals surface area contributed by atoms with Gasteiger partial charge in [-0.3, -0.25) is 0 Å². The molecule has 0 aromatic heterocycles. The lowest BCUT2D eigenvalue weighted by molar-refractivity contribution is 1.28. The van der Waals surface area contributed by atoms with Gasteiger partial charge in [0.25, 0.3) is 0 Å². The van der Waals surface area contributed by atoms with Crippen molar-refractivity contribution in [1.82, 2.24) is 0 Å². The molecule has 1 aliphatic rings. The molecule has 1 nitrogen and oxygen atoms in total. The summed E-state index contributed by atoms with van der Waals surface area (Å²) in [7, 11) is 0. The molecule has 0 radical (unpaired) electrons. The molecule has 0 atom stereocenters. The van der Waals surface area contributed by atoms with E-state index in [4.69, 9.17) is 0 Å². The summed E-state index contributed by atoms with van der Waals surface area (Å²) in [5.74, 6) is 0. The summed E-state index contributed by atoms with van der Waals surface area (Å²) >= 11 is 0. The monoisotopic (exact) mass is 303 g/mol. The molecule has 0 bridgehead atoms. The van der Waals surface area contributed by atoms with Crippen molar-refractivity contribution in [3.05, 3.63) is 95.2 Å². The van der Waals surface area contributed by atoms with Gasteiger partial charge >= 0.3 is 0 Å². The zero-order chi connectivity index (χ0) is 17.0. The molecule has 0 spiro atoms. The van der Waals surface area contributed by atoms with Crippen molar-refractivity contribution in [2.45, 2.75) is 27.7 Å². The molecule has 3 rings (SSSR count). The largest absolute Gasteiger partial charge is 0.355 e. The third kappa shape index (κ3) is 3.29. The van der Waals surface area contributed by atoms with E-state index in [9.17, 15) is 0 Å². The van der Waals surface area contributed by atoms with Crippen molar-refractivity contribution in [3.63, 3.8) is 0 Å². The molecule has 0 fully saturated rings. The number of rotatable bonds is 2. The molecule has 1 heteroatoms. The molecule has 2 aromatic carbocycles. The van der Waals surface area contributed by atoms with Crippen molar-refractivity contribution in [1.29, 1.82) is 0 Å². The highest BCUT2D eigenvalue weighted by Crippen LogP contribution is 2.41. The third-order valence-corrected chi connectivity index (χ3v) is 3.77. The summed E-state index contributed by atoms with van der Waals surface area (Å²) in [6.07, 6.45) is 0. The molecule has 0 saturated carbocycles. The first kappa shape index (κ1) is 16.8. The van der Waals surface area contributed by atoms with Crippen molar-refractivity contribution in [3.8, 4) is 0 Å². The molecule has 118 valence electrons. The van der Waals surface area contributed by atoms with Crippen molar-refractivity contribution in [2.24, 2.45) is 0 Å². The van der Waals surface area contributed by atoms with Crippen LogP contribution in [0.4, 0.5) is 5.69 Å². The van der Waals surface area contributed by atoms with Crippen LogP contribution in [0, 0.1) is 6.92 Å². The van der Waals surface area contributed by atoms with Gasteiger partial charge in [0, 0.05) is 28.1 Å². The van der Waals surface area contributed by atoms with Crippen molar-refractivity contribution >= 4 is 11.3 Å². The van der Waals surface area contributed by atoms with E-state index in [1.165, 1.54) is 22.3 Å². The van der Waals surface area contributed by atoms with E-state index in [2.05, 4.69) is 67.9 Å². The minimum Gasteiger partial charge on any atom is -0.355 e. The van der Waals surface area contributed by atoms with Gasteiger partial charge in [-0.25, -0.2) is 0 Å². The Balaban J connectivity index is 0.000000924. The Hall–Kier alpha value is -2.54. The van der Waals surface area contributed by atoms with E-state index in [-0.39, 0.29) is 0 Å². The predicted molar refractivity (Wildman–Crippen MR) is 103 cm³/mol. The van der Waals surface area contributed by atoms with Gasteiger partial charge in [-0.2, -0.15) is 0 Å². The smallest absolute Gasteiger partial charge is 0.0464 e. The van der Waals surface area contributed by atoms with Gasteiger partial charge in [-0.15, -0.1) is 0 Å². The number of nitrogens with one attached hydrogen (secondary N) is 1. The number of aryl methyl sites for hydroxylation is 1. The van der Waals surface area contributed by atoms with Crippen LogP contribution in [-0.2, 0) is 0 Å². The van der Waals surface area contributed by atoms with Crippen LogP contribution >= 0.6 is 0 Å². The number of anilines is 1. The highest BCUT2D eigenvalue weighted by Gasteiger charge is 2.22. The second-order valence-corrected chi connectivity index (χ2v) is 5.55. The van der Waals surface area contributed by atoms with Crippen LogP contribution in [0.3, 0.4) is 0 Å². The fourth-order valence-electron chi connectivity index (χ4n) is 2.86. The number of fused-ring (bicyclic) bond motifs is 1. The van der Waals surface area contributed by atoms with Crippen LogP contribution in [0.2, 0.25) is 0 Å². The lowest BCUT2D eigenvalue weighted by Crippen LogP contribution is -2.13. The molecule has 0 aliphatic carbocycles. The summed E-state index contributed by atoms with van der Waals surface area (Å²) in [4.78, 5) is 0. The molecule has 0 saturated heterocycles. The molecule has 1 aliphatic heterocycles. The Morgan fingerprint density at radius 2 is 1.65 bits per heavy atom. The van der Waals surface area contributed by atoms with Gasteiger partial charge in [0.05, 0.1) is 0 Å². The molecule has 1 heterocycles. The van der Waals surface area contributed by atoms with Gasteiger partial charge in [0.15, 0.2) is 0 Å². The summed E-state index contributed by atoms with van der Waals surface area (Å²) in [6.45, 7) is 16.5. The standard InChI is InChI=1S/C20H19N.C2H6/c1-13(2)19-15(4)21-18-11-10-14(3)12-17(18)20(19)16-8-6-5-7-9-16;1-2/h5-12,21H,1,4H2,2-3H3;1-2H3. The van der Waals surface area contributed by atoms with Crippen LogP contribution in [-0.4, -0.2) is 0 Å².